The fourth-order valence-electron chi connectivity index (χ4n) is 2.96. The highest BCUT2D eigenvalue weighted by atomic mass is 32.2. The molecule has 0 aliphatic carbocycles. The minimum atomic E-state index is -3.55. The second-order valence-corrected chi connectivity index (χ2v) is 11.1. The summed E-state index contributed by atoms with van der Waals surface area (Å²) in [6.45, 7) is 10.8. The van der Waals surface area contributed by atoms with Gasteiger partial charge in [-0.2, -0.15) is 0 Å². The lowest BCUT2D eigenvalue weighted by Crippen LogP contribution is -2.17. The first-order chi connectivity index (χ1) is 13.2. The van der Waals surface area contributed by atoms with Gasteiger partial charge in [0.25, 0.3) is 5.91 Å². The maximum Gasteiger partial charge on any atom is 0.259 e. The number of aliphatic hydroxyl groups is 1. The van der Waals surface area contributed by atoms with Crippen molar-refractivity contribution in [3.63, 3.8) is 0 Å². The molecule has 0 saturated carbocycles. The molecule has 2 rings (SSSR count). The summed E-state index contributed by atoms with van der Waals surface area (Å²) < 4.78 is 30.6. The van der Waals surface area contributed by atoms with Gasteiger partial charge in [0.1, 0.15) is 5.82 Å². The van der Waals surface area contributed by atoms with E-state index in [4.69, 9.17) is 5.14 Å². The fraction of sp³-hybridized carbons (Fsp3) is 0.500. The first-order valence-electron chi connectivity index (χ1n) is 9.31. The number of hydrogen-bond donors (Lipinski definition) is 2. The van der Waals surface area contributed by atoms with Gasteiger partial charge in [-0.05, 0) is 54.5 Å². The van der Waals surface area contributed by atoms with Crippen molar-refractivity contribution in [2.45, 2.75) is 69.7 Å². The zero-order valence-electron chi connectivity index (χ0n) is 17.5. The lowest BCUT2D eigenvalue weighted by atomic mass is 9.87. The lowest BCUT2D eigenvalue weighted by molar-refractivity contribution is -0.117. The number of nitrogens with zero attached hydrogens (tertiary/aromatic N) is 2. The van der Waals surface area contributed by atoms with E-state index in [-0.39, 0.29) is 28.4 Å². The van der Waals surface area contributed by atoms with Crippen LogP contribution in [-0.2, 0) is 26.7 Å². The number of aromatic nitrogens is 1. The van der Waals surface area contributed by atoms with Crippen LogP contribution in [0.25, 0.3) is 0 Å². The summed E-state index contributed by atoms with van der Waals surface area (Å²) in [5.41, 5.74) is 0.970. The van der Waals surface area contributed by atoms with Crippen molar-refractivity contribution < 1.29 is 18.5 Å². The van der Waals surface area contributed by atoms with Gasteiger partial charge < -0.3 is 5.11 Å². The molecule has 1 atom stereocenters. The second kappa shape index (κ2) is 8.59. The molecule has 1 heterocycles. The van der Waals surface area contributed by atoms with Gasteiger partial charge >= 0.3 is 0 Å². The molecule has 2 aromatic rings. The van der Waals surface area contributed by atoms with E-state index in [2.05, 4.69) is 9.35 Å². The second-order valence-electron chi connectivity index (χ2n) is 8.15. The quantitative estimate of drug-likeness (QED) is 0.700. The first kappa shape index (κ1) is 23.6. The van der Waals surface area contributed by atoms with E-state index >= 15 is 0 Å². The summed E-state index contributed by atoms with van der Waals surface area (Å²) in [7, 11) is -3.55. The number of carbonyl (C=O) groups excluding carboxylic acids is 1. The molecule has 29 heavy (non-hydrogen) atoms. The number of thiazole rings is 1. The summed E-state index contributed by atoms with van der Waals surface area (Å²) in [5, 5.41) is 15.9. The molecule has 3 N–H and O–H groups in total. The lowest BCUT2D eigenvalue weighted by Gasteiger charge is -2.19. The topological polar surface area (TPSA) is 106 Å². The zero-order valence-corrected chi connectivity index (χ0v) is 19.2. The van der Waals surface area contributed by atoms with Crippen molar-refractivity contribution in [2.24, 2.45) is 9.50 Å². The largest absolute Gasteiger partial charge is 0.385 e. The highest BCUT2D eigenvalue weighted by Crippen LogP contribution is 2.31. The third-order valence-electron chi connectivity index (χ3n) is 4.43. The van der Waals surface area contributed by atoms with Gasteiger partial charge in [0.2, 0.25) is 4.34 Å². The summed E-state index contributed by atoms with van der Waals surface area (Å²) in [4.78, 5) is 17.1. The van der Waals surface area contributed by atoms with E-state index in [1.165, 1.54) is 18.3 Å². The minimum Gasteiger partial charge on any atom is -0.385 e. The Kier molecular flexibility index (Phi) is 6.99. The van der Waals surface area contributed by atoms with E-state index < -0.39 is 21.4 Å². The number of rotatable bonds is 6. The van der Waals surface area contributed by atoms with Gasteiger partial charge in [-0.15, -0.1) is 15.7 Å². The van der Waals surface area contributed by atoms with Gasteiger partial charge in [0.15, 0.2) is 9.92 Å². The Morgan fingerprint density at radius 2 is 1.79 bits per heavy atom. The van der Waals surface area contributed by atoms with Gasteiger partial charge in [-0.1, -0.05) is 27.7 Å². The summed E-state index contributed by atoms with van der Waals surface area (Å²) >= 11 is 0.956. The molecule has 1 aromatic heterocycles. The molecular weight excluding hydrogens is 413 g/mol. The van der Waals surface area contributed by atoms with Crippen molar-refractivity contribution in [3.8, 4) is 0 Å². The molecule has 160 valence electrons. The van der Waals surface area contributed by atoms with Crippen LogP contribution in [0.5, 0.6) is 0 Å². The normalized spacial score (nSPS) is 14.3. The Bertz CT molecular complexity index is 1000. The van der Waals surface area contributed by atoms with Crippen molar-refractivity contribution >= 4 is 27.2 Å². The van der Waals surface area contributed by atoms with Crippen LogP contribution < -0.4 is 5.14 Å². The third-order valence-corrected chi connectivity index (χ3v) is 7.58. The van der Waals surface area contributed by atoms with Crippen LogP contribution in [0, 0.1) is 5.82 Å². The molecule has 0 bridgehead atoms. The average Bonchev–Trinajstić information content (AvgIpc) is 3.06. The van der Waals surface area contributed by atoms with Crippen LogP contribution in [0.4, 0.5) is 4.39 Å². The number of amides is 1. The van der Waals surface area contributed by atoms with Gasteiger partial charge in [-0.25, -0.2) is 18.7 Å². The Morgan fingerprint density at radius 3 is 2.21 bits per heavy atom. The molecule has 0 aliphatic rings. The molecule has 0 unspecified atom stereocenters. The first-order valence-corrected chi connectivity index (χ1v) is 11.7. The number of halogens is 1. The maximum atomic E-state index is 14.1. The Hall–Kier alpha value is -1.68. The predicted molar refractivity (Wildman–Crippen MR) is 114 cm³/mol. The Balaban J connectivity index is 2.44. The molecule has 1 aromatic carbocycles. The minimum absolute atomic E-state index is 0.00142. The highest BCUT2D eigenvalue weighted by Gasteiger charge is 2.24. The molecule has 0 fully saturated rings. The van der Waals surface area contributed by atoms with Crippen LogP contribution in [0.1, 0.15) is 74.9 Å². The zero-order chi connectivity index (χ0) is 22.1. The van der Waals surface area contributed by atoms with E-state index in [1.54, 1.807) is 13.8 Å². The van der Waals surface area contributed by atoms with Crippen LogP contribution in [0.2, 0.25) is 0 Å². The fourth-order valence-corrected chi connectivity index (χ4v) is 5.12. The van der Waals surface area contributed by atoms with Crippen LogP contribution in [0.3, 0.4) is 0 Å². The molecule has 0 radical (unpaired) electrons. The molecule has 6 nitrogen and oxygen atoms in total. The van der Waals surface area contributed by atoms with Crippen LogP contribution in [0.15, 0.2) is 27.0 Å². The summed E-state index contributed by atoms with van der Waals surface area (Å²) in [5.74, 6) is -1.01. The van der Waals surface area contributed by atoms with Gasteiger partial charge in [0.05, 0.1) is 16.9 Å². The van der Waals surface area contributed by atoms with Crippen molar-refractivity contribution in [3.05, 3.63) is 45.7 Å². The number of carbonyl (C=O) groups is 1. The molecule has 0 spiro atoms. The van der Waals surface area contributed by atoms with E-state index in [1.807, 2.05) is 27.7 Å². The van der Waals surface area contributed by atoms with Crippen molar-refractivity contribution in [1.82, 2.24) is 4.98 Å². The average molecular weight is 442 g/mol. The van der Waals surface area contributed by atoms with Crippen molar-refractivity contribution in [2.75, 3.05) is 0 Å². The number of benzene rings is 1. The standard InChI is InChI=1S/C20H28FN3O3S2/c1-11(2)14-7-13(21)8-15(12(3)4)16(14)9-18(25)24-29(22,27)19-23-10-17(28-19)20(5,6)26/h7-8,10-12,26H,9H2,1-6H3,(H2,22,24,25,27)/t29-/m1/s1. The Morgan fingerprint density at radius 1 is 1.28 bits per heavy atom. The van der Waals surface area contributed by atoms with Crippen molar-refractivity contribution in [1.29, 1.82) is 0 Å². The molecule has 9 heteroatoms. The highest BCUT2D eigenvalue weighted by molar-refractivity contribution is 7.93. The smallest absolute Gasteiger partial charge is 0.259 e. The predicted octanol–water partition coefficient (Wildman–Crippen LogP) is 4.23. The monoisotopic (exact) mass is 441 g/mol. The molecular formula is C20H28FN3O3S2. The van der Waals surface area contributed by atoms with Gasteiger partial charge in [0, 0.05) is 6.20 Å². The Labute approximate surface area is 175 Å². The molecule has 0 aliphatic heterocycles. The molecule has 1 amide bonds. The van der Waals surface area contributed by atoms with E-state index in [0.29, 0.717) is 10.4 Å². The summed E-state index contributed by atoms with van der Waals surface area (Å²) in [6, 6.07) is 2.85. The SMILES string of the molecule is CC(C)c1cc(F)cc(C(C)C)c1CC(=O)N=[S@@](N)(=O)c1ncc(C(C)(C)O)s1. The third kappa shape index (κ3) is 5.69. The van der Waals surface area contributed by atoms with E-state index in [9.17, 15) is 18.5 Å². The van der Waals surface area contributed by atoms with Crippen LogP contribution >= 0.6 is 11.3 Å². The number of hydrogen-bond acceptors (Lipinski definition) is 5. The maximum absolute atomic E-state index is 14.1. The molecule has 0 saturated heterocycles. The van der Waals surface area contributed by atoms with Gasteiger partial charge in [-0.3, -0.25) is 4.79 Å². The summed E-state index contributed by atoms with van der Waals surface area (Å²) in [6.07, 6.45) is 1.25. The number of nitrogens with two attached hydrogens (primary N) is 1. The van der Waals surface area contributed by atoms with Crippen LogP contribution in [-0.4, -0.2) is 20.2 Å². The van der Waals surface area contributed by atoms with E-state index in [0.717, 1.165) is 22.5 Å².